The Hall–Kier alpha value is -2.57. The maximum absolute atomic E-state index is 14.2. The highest BCUT2D eigenvalue weighted by Crippen LogP contribution is 2.55. The van der Waals surface area contributed by atoms with E-state index in [1.807, 2.05) is 0 Å². The molecular weight excluding hydrogens is 451 g/mol. The van der Waals surface area contributed by atoms with Gasteiger partial charge in [0.15, 0.2) is 5.70 Å². The van der Waals surface area contributed by atoms with Gasteiger partial charge in [0.1, 0.15) is 11.5 Å². The first kappa shape index (κ1) is 23.1. The standard InChI is InChI=1S/C19H15F7N3OS/c1-31(30)14-8-4-12(5-9-14)17-16(11-2-6-13(20)7-3-11)28-15(10-27)29(17,18(21,22)23)19(24,25)26/h2-9H,10,27H2,1H3/q+1. The Morgan fingerprint density at radius 2 is 1.39 bits per heavy atom. The average Bonchev–Trinajstić information content (AvgIpc) is 3.05. The molecule has 1 unspecified atom stereocenters. The number of benzene rings is 2. The molecule has 0 bridgehead atoms. The van der Waals surface area contributed by atoms with Crippen LogP contribution < -0.4 is 5.73 Å². The van der Waals surface area contributed by atoms with Gasteiger partial charge in [0.25, 0.3) is 0 Å². The largest absolute Gasteiger partial charge is 0.579 e. The Bertz CT molecular complexity index is 1060. The van der Waals surface area contributed by atoms with E-state index >= 15 is 0 Å². The van der Waals surface area contributed by atoms with E-state index in [-0.39, 0.29) is 10.5 Å². The van der Waals surface area contributed by atoms with E-state index in [9.17, 15) is 34.9 Å². The second-order valence-electron chi connectivity index (χ2n) is 6.52. The van der Waals surface area contributed by atoms with E-state index in [4.69, 9.17) is 5.73 Å². The zero-order valence-corrected chi connectivity index (χ0v) is 16.6. The molecule has 0 aromatic heterocycles. The van der Waals surface area contributed by atoms with Gasteiger partial charge in [-0.2, -0.15) is 4.99 Å². The minimum Gasteiger partial charge on any atom is -0.321 e. The summed E-state index contributed by atoms with van der Waals surface area (Å²) in [6.07, 6.45) is -10.5. The molecule has 0 aliphatic carbocycles. The number of alkyl halides is 6. The quantitative estimate of drug-likeness (QED) is 0.406. The second-order valence-corrected chi connectivity index (χ2v) is 7.90. The van der Waals surface area contributed by atoms with Crippen LogP contribution in [0.5, 0.6) is 0 Å². The van der Waals surface area contributed by atoms with Gasteiger partial charge >= 0.3 is 12.6 Å². The summed E-state index contributed by atoms with van der Waals surface area (Å²) < 4.78 is 107. The third kappa shape index (κ3) is 3.68. The predicted octanol–water partition coefficient (Wildman–Crippen LogP) is 4.62. The van der Waals surface area contributed by atoms with Crippen molar-refractivity contribution in [2.24, 2.45) is 10.7 Å². The van der Waals surface area contributed by atoms with Gasteiger partial charge in [-0.25, -0.2) is 4.39 Å². The number of nitrogens with two attached hydrogens (primary N) is 1. The first-order valence-electron chi connectivity index (χ1n) is 8.60. The van der Waals surface area contributed by atoms with Crippen molar-refractivity contribution in [1.82, 2.24) is 0 Å². The van der Waals surface area contributed by atoms with Crippen LogP contribution in [-0.4, -0.2) is 39.9 Å². The molecule has 0 saturated carbocycles. The van der Waals surface area contributed by atoms with Crippen molar-refractivity contribution in [1.29, 1.82) is 0 Å². The molecule has 0 spiro atoms. The molecule has 1 atom stereocenters. The predicted molar refractivity (Wildman–Crippen MR) is 101 cm³/mol. The fraction of sp³-hybridized carbons (Fsp3) is 0.211. The lowest BCUT2D eigenvalue weighted by Crippen LogP contribution is -2.67. The third-order valence-corrected chi connectivity index (χ3v) is 5.64. The average molecular weight is 466 g/mol. The molecule has 0 saturated heterocycles. The van der Waals surface area contributed by atoms with Crippen LogP contribution in [0.25, 0.3) is 11.4 Å². The Labute approximate surface area is 174 Å². The van der Waals surface area contributed by atoms with Gasteiger partial charge in [0.05, 0.1) is 6.54 Å². The highest BCUT2D eigenvalue weighted by molar-refractivity contribution is 7.84. The van der Waals surface area contributed by atoms with Crippen LogP contribution >= 0.6 is 0 Å². The molecule has 1 aliphatic rings. The summed E-state index contributed by atoms with van der Waals surface area (Å²) in [5, 5.41) is 0. The molecule has 2 N–H and O–H groups in total. The number of rotatable bonds is 4. The van der Waals surface area contributed by atoms with Crippen LogP contribution in [-0.2, 0) is 10.8 Å². The Morgan fingerprint density at radius 3 is 1.81 bits per heavy atom. The van der Waals surface area contributed by atoms with Gasteiger partial charge in [-0.1, -0.05) is 4.48 Å². The van der Waals surface area contributed by atoms with Crippen molar-refractivity contribution in [2.75, 3.05) is 12.8 Å². The zero-order valence-electron chi connectivity index (χ0n) is 15.8. The molecule has 1 heterocycles. The summed E-state index contributed by atoms with van der Waals surface area (Å²) in [7, 11) is -1.50. The Kier molecular flexibility index (Phi) is 5.84. The summed E-state index contributed by atoms with van der Waals surface area (Å²) >= 11 is 0. The fourth-order valence-corrected chi connectivity index (χ4v) is 3.88. The number of amidine groups is 1. The number of aliphatic imine (C=N–C) groups is 1. The van der Waals surface area contributed by atoms with E-state index in [2.05, 4.69) is 4.99 Å². The summed E-state index contributed by atoms with van der Waals surface area (Å²) in [4.78, 5) is 3.84. The molecule has 4 nitrogen and oxygen atoms in total. The molecule has 2 aromatic carbocycles. The monoisotopic (exact) mass is 466 g/mol. The molecule has 0 amide bonds. The van der Waals surface area contributed by atoms with Gasteiger partial charge < -0.3 is 5.73 Å². The molecule has 0 fully saturated rings. The van der Waals surface area contributed by atoms with Crippen molar-refractivity contribution in [3.05, 3.63) is 65.5 Å². The maximum atomic E-state index is 14.2. The lowest BCUT2D eigenvalue weighted by atomic mass is 10.0. The summed E-state index contributed by atoms with van der Waals surface area (Å²) in [6.45, 7) is -1.13. The summed E-state index contributed by atoms with van der Waals surface area (Å²) in [6, 6.07) is 8.22. The topological polar surface area (TPSA) is 55.5 Å². The molecule has 3 rings (SSSR count). The third-order valence-electron chi connectivity index (χ3n) is 4.71. The number of nitrogens with zero attached hydrogens (tertiary/aromatic N) is 2. The van der Waals surface area contributed by atoms with E-state index < -0.39 is 63.0 Å². The highest BCUT2D eigenvalue weighted by Gasteiger charge is 2.79. The van der Waals surface area contributed by atoms with Crippen molar-refractivity contribution in [3.63, 3.8) is 0 Å². The van der Waals surface area contributed by atoms with Crippen molar-refractivity contribution >= 4 is 28.0 Å². The van der Waals surface area contributed by atoms with Crippen molar-refractivity contribution in [2.45, 2.75) is 17.5 Å². The molecule has 31 heavy (non-hydrogen) atoms. The number of hydrogen-bond donors (Lipinski definition) is 1. The highest BCUT2D eigenvalue weighted by atomic mass is 32.2. The van der Waals surface area contributed by atoms with Gasteiger partial charge in [0, 0.05) is 33.1 Å². The van der Waals surface area contributed by atoms with Crippen LogP contribution in [0, 0.1) is 5.82 Å². The van der Waals surface area contributed by atoms with Gasteiger partial charge in [-0.05, 0) is 48.5 Å². The lowest BCUT2D eigenvalue weighted by Gasteiger charge is -2.37. The van der Waals surface area contributed by atoms with Gasteiger partial charge in [-0.15, -0.1) is 26.3 Å². The van der Waals surface area contributed by atoms with Crippen LogP contribution in [0.15, 0.2) is 58.4 Å². The molecule has 1 aliphatic heterocycles. The fourth-order valence-electron chi connectivity index (χ4n) is 3.36. The SMILES string of the molecule is CS(=O)c1ccc(C2=C(c3ccc(F)cc3)N=C(CN)[N+]2(C(F)(F)F)C(F)(F)F)cc1. The van der Waals surface area contributed by atoms with E-state index in [1.54, 1.807) is 0 Å². The molecule has 2 aromatic rings. The molecule has 12 heteroatoms. The normalized spacial score (nSPS) is 17.6. The minimum absolute atomic E-state index is 0.154. The molecular formula is C19H15F7N3OS+. The number of hydrogen-bond acceptors (Lipinski definition) is 3. The van der Waals surface area contributed by atoms with E-state index in [0.29, 0.717) is 0 Å². The summed E-state index contributed by atoms with van der Waals surface area (Å²) in [5.41, 5.74) is 2.84. The zero-order chi connectivity index (χ0) is 23.2. The molecule has 166 valence electrons. The van der Waals surface area contributed by atoms with Crippen LogP contribution in [0.4, 0.5) is 30.7 Å². The smallest absolute Gasteiger partial charge is 0.321 e. The van der Waals surface area contributed by atoms with E-state index in [1.165, 1.54) is 18.4 Å². The lowest BCUT2D eigenvalue weighted by molar-refractivity contribution is -0.990. The van der Waals surface area contributed by atoms with E-state index in [0.717, 1.165) is 36.4 Å². The van der Waals surface area contributed by atoms with Crippen molar-refractivity contribution < 1.29 is 39.4 Å². The number of quaternary nitrogens is 1. The van der Waals surface area contributed by atoms with Crippen LogP contribution in [0.3, 0.4) is 0 Å². The second kappa shape index (κ2) is 7.84. The van der Waals surface area contributed by atoms with Crippen molar-refractivity contribution in [3.8, 4) is 0 Å². The minimum atomic E-state index is -5.89. The maximum Gasteiger partial charge on any atom is 0.579 e. The van der Waals surface area contributed by atoms with Crippen LogP contribution in [0.2, 0.25) is 0 Å². The Balaban J connectivity index is 2.44. The first-order chi connectivity index (χ1) is 14.3. The molecule has 0 radical (unpaired) electrons. The van der Waals surface area contributed by atoms with Crippen LogP contribution in [0.1, 0.15) is 11.1 Å². The number of halogens is 7. The van der Waals surface area contributed by atoms with Gasteiger partial charge in [-0.3, -0.25) is 4.21 Å². The first-order valence-corrected chi connectivity index (χ1v) is 10.2. The van der Waals surface area contributed by atoms with Gasteiger partial charge in [0.2, 0.25) is 5.84 Å². The summed E-state index contributed by atoms with van der Waals surface area (Å²) in [5.74, 6) is -2.11. The Morgan fingerprint density at radius 1 is 0.903 bits per heavy atom.